The van der Waals surface area contributed by atoms with Crippen molar-refractivity contribution in [2.75, 3.05) is 50.4 Å². The molecule has 4 heterocycles. The number of nitrogen functional groups attached to an aromatic ring is 1. The van der Waals surface area contributed by atoms with Gasteiger partial charge in [0.15, 0.2) is 22.5 Å². The Kier molecular flexibility index (Phi) is 8.06. The molecule has 202 valence electrons. The second-order valence-electron chi connectivity index (χ2n) is 9.91. The minimum absolute atomic E-state index is 0.0600. The first-order valence-corrected chi connectivity index (χ1v) is 13.6. The summed E-state index contributed by atoms with van der Waals surface area (Å²) in [5, 5.41) is 6.93. The molecule has 38 heavy (non-hydrogen) atoms. The second-order valence-corrected chi connectivity index (χ2v) is 10.3. The first-order valence-electron chi connectivity index (χ1n) is 13.2. The van der Waals surface area contributed by atoms with E-state index in [0.717, 1.165) is 64.2 Å². The molecule has 5 rings (SSSR count). The topological polar surface area (TPSA) is 121 Å². The van der Waals surface area contributed by atoms with Crippen molar-refractivity contribution < 1.29 is 4.79 Å². The van der Waals surface area contributed by atoms with Crippen LogP contribution < -0.4 is 16.0 Å². The molecule has 3 N–H and O–H groups in total. The van der Waals surface area contributed by atoms with E-state index in [9.17, 15) is 4.79 Å². The van der Waals surface area contributed by atoms with Gasteiger partial charge in [-0.1, -0.05) is 30.7 Å². The van der Waals surface area contributed by atoms with Gasteiger partial charge in [-0.05, 0) is 50.0 Å². The minimum atomic E-state index is -0.394. The second kappa shape index (κ2) is 11.6. The number of rotatable bonds is 7. The maximum Gasteiger partial charge on any atom is 0.273 e. The van der Waals surface area contributed by atoms with Crippen LogP contribution in [0.25, 0.3) is 5.69 Å². The number of nitrogens with one attached hydrogen (secondary N) is 1. The number of amides is 1. The highest BCUT2D eigenvalue weighted by atomic mass is 35.5. The average Bonchev–Trinajstić information content (AvgIpc) is 3.49. The van der Waals surface area contributed by atoms with Crippen LogP contribution >= 0.6 is 11.6 Å². The number of piperazine rings is 1. The molecule has 12 heteroatoms. The predicted octanol–water partition coefficient (Wildman–Crippen LogP) is 2.22. The van der Waals surface area contributed by atoms with E-state index < -0.39 is 5.91 Å². The van der Waals surface area contributed by atoms with Crippen LogP contribution in [0, 0.1) is 0 Å². The summed E-state index contributed by atoms with van der Waals surface area (Å²) in [4.78, 5) is 32.1. The lowest BCUT2D eigenvalue weighted by Gasteiger charge is -2.47. The summed E-state index contributed by atoms with van der Waals surface area (Å²) in [6.07, 6.45) is 6.60. The molecule has 3 aromatic rings. The molecule has 0 saturated carbocycles. The van der Waals surface area contributed by atoms with Crippen molar-refractivity contribution in [3.8, 4) is 5.69 Å². The number of nitrogens with two attached hydrogens (primary N) is 1. The van der Waals surface area contributed by atoms with Gasteiger partial charge in [-0.2, -0.15) is 5.10 Å². The van der Waals surface area contributed by atoms with Crippen molar-refractivity contribution in [2.24, 2.45) is 0 Å². The summed E-state index contributed by atoms with van der Waals surface area (Å²) in [5.74, 6) is 0.258. The van der Waals surface area contributed by atoms with Gasteiger partial charge in [-0.15, -0.1) is 0 Å². The van der Waals surface area contributed by atoms with Gasteiger partial charge in [0.25, 0.3) is 5.91 Å². The third kappa shape index (κ3) is 5.59. The van der Waals surface area contributed by atoms with Gasteiger partial charge in [0.1, 0.15) is 12.7 Å². The molecule has 0 radical (unpaired) electrons. The summed E-state index contributed by atoms with van der Waals surface area (Å²) < 4.78 is 1.77. The largest absolute Gasteiger partial charge is 0.382 e. The molecule has 2 aromatic heterocycles. The minimum Gasteiger partial charge on any atom is -0.382 e. The van der Waals surface area contributed by atoms with Crippen molar-refractivity contribution in [2.45, 2.75) is 44.8 Å². The number of likely N-dealkylation sites (tertiary alicyclic amines) is 1. The van der Waals surface area contributed by atoms with Crippen LogP contribution in [0.1, 0.15) is 42.2 Å². The van der Waals surface area contributed by atoms with E-state index in [4.69, 9.17) is 17.3 Å². The van der Waals surface area contributed by atoms with Crippen LogP contribution in [-0.2, 0) is 6.54 Å². The van der Waals surface area contributed by atoms with Crippen LogP contribution in [0.3, 0.4) is 0 Å². The molecule has 2 saturated heterocycles. The van der Waals surface area contributed by atoms with E-state index in [-0.39, 0.29) is 16.7 Å². The highest BCUT2D eigenvalue weighted by Crippen LogP contribution is 2.30. The maximum absolute atomic E-state index is 12.0. The van der Waals surface area contributed by atoms with E-state index in [1.54, 1.807) is 17.3 Å². The Bertz CT molecular complexity index is 1230. The lowest BCUT2D eigenvalue weighted by molar-refractivity contribution is 0.0610. The number of carbonyl (C=O) groups excluding carboxylic acids is 1. The van der Waals surface area contributed by atoms with E-state index >= 15 is 0 Å². The van der Waals surface area contributed by atoms with E-state index in [1.807, 2.05) is 0 Å². The third-order valence-electron chi connectivity index (χ3n) is 7.66. The Morgan fingerprint density at radius 3 is 2.55 bits per heavy atom. The number of anilines is 2. The van der Waals surface area contributed by atoms with Crippen LogP contribution in [0.4, 0.5) is 11.6 Å². The van der Waals surface area contributed by atoms with Gasteiger partial charge in [0.2, 0.25) is 0 Å². The van der Waals surface area contributed by atoms with Crippen molar-refractivity contribution in [1.82, 2.24) is 39.8 Å². The maximum atomic E-state index is 12.0. The van der Waals surface area contributed by atoms with Crippen LogP contribution in [0.2, 0.25) is 5.15 Å². The first kappa shape index (κ1) is 26.3. The fourth-order valence-corrected chi connectivity index (χ4v) is 5.82. The monoisotopic (exact) mass is 538 g/mol. The zero-order valence-electron chi connectivity index (χ0n) is 21.9. The van der Waals surface area contributed by atoms with Crippen LogP contribution in [0.5, 0.6) is 0 Å². The van der Waals surface area contributed by atoms with E-state index in [2.05, 4.69) is 71.3 Å². The van der Waals surface area contributed by atoms with Crippen molar-refractivity contribution >= 4 is 29.1 Å². The molecule has 1 amide bonds. The number of hydrogen-bond donors (Lipinski definition) is 2. The number of hydrogen-bond acceptors (Lipinski definition) is 9. The molecule has 0 aliphatic carbocycles. The summed E-state index contributed by atoms with van der Waals surface area (Å²) in [6.45, 7) is 7.89. The fourth-order valence-electron chi connectivity index (χ4n) is 5.57. The number of nitrogens with zero attached hydrogens (tertiary/aromatic N) is 8. The Labute approximate surface area is 228 Å². The van der Waals surface area contributed by atoms with Gasteiger partial charge < -0.3 is 16.0 Å². The molecule has 1 aromatic carbocycles. The lowest BCUT2D eigenvalue weighted by Crippen LogP contribution is -2.58. The first-order chi connectivity index (χ1) is 18.5. The van der Waals surface area contributed by atoms with E-state index in [0.29, 0.717) is 17.9 Å². The number of carbonyl (C=O) groups is 1. The standard InChI is InChI=1S/C26H35ClN10O/c1-3-19-15-35(25-23(27)32-22(24(28)33-25)26(38)29-2)12-13-36(19)20-8-10-34(11-9-20)14-18-4-6-21(7-5-18)37-17-30-16-31-37/h4-7,16-17,19-20H,3,8-15H2,1-2H3,(H2,28,33)(H,29,38)/t19-/m0/s1. The lowest BCUT2D eigenvalue weighted by atomic mass is 9.98. The van der Waals surface area contributed by atoms with Crippen LogP contribution in [0.15, 0.2) is 36.9 Å². The van der Waals surface area contributed by atoms with Crippen molar-refractivity contribution in [3.05, 3.63) is 53.3 Å². The number of piperidine rings is 1. The van der Waals surface area contributed by atoms with Crippen molar-refractivity contribution in [3.63, 3.8) is 0 Å². The zero-order valence-corrected chi connectivity index (χ0v) is 22.7. The van der Waals surface area contributed by atoms with Crippen molar-refractivity contribution in [1.29, 1.82) is 0 Å². The smallest absolute Gasteiger partial charge is 0.273 e. The molecule has 2 aliphatic heterocycles. The Morgan fingerprint density at radius 1 is 1.13 bits per heavy atom. The van der Waals surface area contributed by atoms with Crippen LogP contribution in [-0.4, -0.2) is 92.3 Å². The van der Waals surface area contributed by atoms with Gasteiger partial charge in [-0.25, -0.2) is 19.6 Å². The number of halogens is 1. The molecule has 2 fully saturated rings. The molecule has 1 atom stereocenters. The average molecular weight is 539 g/mol. The number of benzene rings is 1. The zero-order chi connectivity index (χ0) is 26.6. The highest BCUT2D eigenvalue weighted by molar-refractivity contribution is 6.32. The molecular weight excluding hydrogens is 504 g/mol. The quantitative estimate of drug-likeness (QED) is 0.466. The fraction of sp³-hybridized carbons (Fsp3) is 0.500. The summed E-state index contributed by atoms with van der Waals surface area (Å²) in [7, 11) is 1.53. The summed E-state index contributed by atoms with van der Waals surface area (Å²) in [5.41, 5.74) is 8.43. The number of aromatic nitrogens is 5. The summed E-state index contributed by atoms with van der Waals surface area (Å²) >= 11 is 6.45. The predicted molar refractivity (Wildman–Crippen MR) is 148 cm³/mol. The molecule has 0 spiro atoms. The normalized spacial score (nSPS) is 19.6. The Morgan fingerprint density at radius 2 is 1.89 bits per heavy atom. The molecule has 0 unspecified atom stereocenters. The SMILES string of the molecule is CC[C@H]1CN(c2nc(N)c(C(=O)NC)nc2Cl)CCN1C1CCN(Cc2ccc(-n3cncn3)cc2)CC1. The Balaban J connectivity index is 1.16. The summed E-state index contributed by atoms with van der Waals surface area (Å²) in [6, 6.07) is 9.50. The van der Waals surface area contributed by atoms with Gasteiger partial charge in [0.05, 0.1) is 5.69 Å². The van der Waals surface area contributed by atoms with Gasteiger partial charge in [0, 0.05) is 45.3 Å². The molecule has 11 nitrogen and oxygen atoms in total. The van der Waals surface area contributed by atoms with Gasteiger partial charge in [-0.3, -0.25) is 14.6 Å². The molecule has 2 aliphatic rings. The third-order valence-corrected chi connectivity index (χ3v) is 7.91. The molecular formula is C26H35ClN10O. The molecule has 0 bridgehead atoms. The van der Waals surface area contributed by atoms with Gasteiger partial charge >= 0.3 is 0 Å². The Hall–Kier alpha value is -3.28. The highest BCUT2D eigenvalue weighted by Gasteiger charge is 2.34. The van der Waals surface area contributed by atoms with E-state index in [1.165, 1.54) is 12.6 Å².